The van der Waals surface area contributed by atoms with E-state index in [0.29, 0.717) is 48.5 Å². The second-order valence-electron chi connectivity index (χ2n) is 8.26. The third-order valence-electron chi connectivity index (χ3n) is 5.91. The molecule has 0 radical (unpaired) electrons. The Kier molecular flexibility index (Phi) is 4.92. The highest BCUT2D eigenvalue weighted by molar-refractivity contribution is 5.76. The molecule has 0 amide bonds. The molecular weight excluding hydrogens is 410 g/mol. The number of anilines is 3. The lowest BCUT2D eigenvalue weighted by Gasteiger charge is -2.21. The van der Waals surface area contributed by atoms with Crippen molar-refractivity contribution in [2.24, 2.45) is 0 Å². The number of fused-ring (bicyclic) bond motifs is 2. The van der Waals surface area contributed by atoms with Crippen LogP contribution in [0, 0.1) is 11.3 Å². The van der Waals surface area contributed by atoms with Crippen LogP contribution in [0.25, 0.3) is 11.3 Å². The van der Waals surface area contributed by atoms with Gasteiger partial charge in [0.1, 0.15) is 17.9 Å². The maximum Gasteiger partial charge on any atom is 0.236 e. The molecule has 3 aromatic rings. The molecule has 2 aromatic heterocycles. The Bertz CT molecular complexity index is 1220. The predicted molar refractivity (Wildman–Crippen MR) is 117 cm³/mol. The zero-order valence-corrected chi connectivity index (χ0v) is 17.8. The van der Waals surface area contributed by atoms with Crippen molar-refractivity contribution in [2.75, 3.05) is 37.5 Å². The van der Waals surface area contributed by atoms with Gasteiger partial charge in [0.15, 0.2) is 0 Å². The van der Waals surface area contributed by atoms with Gasteiger partial charge in [-0.2, -0.15) is 10.4 Å². The minimum Gasteiger partial charge on any atom is -0.469 e. The zero-order chi connectivity index (χ0) is 22.3. The SMILES string of the molecule is COCC1Cn2ncc(Nc3nccc(-c4cc(C#N)c5c(c4)C(C)(CO)CN5)n3)c2O1. The van der Waals surface area contributed by atoms with Crippen LogP contribution in [0.1, 0.15) is 18.1 Å². The summed E-state index contributed by atoms with van der Waals surface area (Å²) in [5, 5.41) is 30.4. The van der Waals surface area contributed by atoms with Crippen molar-refractivity contribution in [2.45, 2.75) is 25.0 Å². The van der Waals surface area contributed by atoms with Crippen LogP contribution in [0.2, 0.25) is 0 Å². The average Bonchev–Trinajstić information content (AvgIpc) is 3.48. The number of benzene rings is 1. The van der Waals surface area contributed by atoms with Crippen molar-refractivity contribution >= 4 is 17.3 Å². The number of aromatic nitrogens is 4. The molecule has 2 aliphatic heterocycles. The minimum absolute atomic E-state index is 0.0191. The molecule has 10 heteroatoms. The number of hydrogen-bond acceptors (Lipinski definition) is 9. The Morgan fingerprint density at radius 3 is 3.12 bits per heavy atom. The molecule has 5 rings (SSSR count). The lowest BCUT2D eigenvalue weighted by molar-refractivity contribution is 0.0938. The molecule has 32 heavy (non-hydrogen) atoms. The smallest absolute Gasteiger partial charge is 0.236 e. The first kappa shape index (κ1) is 20.2. The Morgan fingerprint density at radius 2 is 2.34 bits per heavy atom. The van der Waals surface area contributed by atoms with Gasteiger partial charge in [-0.3, -0.25) is 0 Å². The second-order valence-corrected chi connectivity index (χ2v) is 8.26. The number of nitrogens with zero attached hydrogens (tertiary/aromatic N) is 5. The molecular formula is C22H23N7O3. The molecule has 3 N–H and O–H groups in total. The summed E-state index contributed by atoms with van der Waals surface area (Å²) in [5.41, 5.74) is 3.87. The lowest BCUT2D eigenvalue weighted by Crippen LogP contribution is -2.28. The summed E-state index contributed by atoms with van der Waals surface area (Å²) in [4.78, 5) is 8.96. The number of hydrogen-bond donors (Lipinski definition) is 3. The molecule has 0 spiro atoms. The summed E-state index contributed by atoms with van der Waals surface area (Å²) in [5.74, 6) is 1.01. The van der Waals surface area contributed by atoms with Gasteiger partial charge in [0.25, 0.3) is 0 Å². The molecule has 0 saturated heterocycles. The van der Waals surface area contributed by atoms with Crippen molar-refractivity contribution in [1.82, 2.24) is 19.7 Å². The highest BCUT2D eigenvalue weighted by Crippen LogP contribution is 2.41. The van der Waals surface area contributed by atoms with E-state index in [4.69, 9.17) is 9.47 Å². The van der Waals surface area contributed by atoms with Gasteiger partial charge in [-0.15, -0.1) is 0 Å². The molecule has 10 nitrogen and oxygen atoms in total. The number of ether oxygens (including phenoxy) is 2. The van der Waals surface area contributed by atoms with E-state index in [1.165, 1.54) is 0 Å². The molecule has 1 aromatic carbocycles. The van der Waals surface area contributed by atoms with Crippen LogP contribution in [0.4, 0.5) is 17.3 Å². The van der Waals surface area contributed by atoms with Crippen LogP contribution in [0.15, 0.2) is 30.6 Å². The first-order chi connectivity index (χ1) is 15.5. The fourth-order valence-electron chi connectivity index (χ4n) is 4.14. The topological polar surface area (TPSA) is 130 Å². The monoisotopic (exact) mass is 433 g/mol. The lowest BCUT2D eigenvalue weighted by atomic mass is 9.83. The molecule has 4 heterocycles. The first-order valence-corrected chi connectivity index (χ1v) is 10.3. The highest BCUT2D eigenvalue weighted by atomic mass is 16.5. The number of nitrogens with one attached hydrogen (secondary N) is 2. The van der Waals surface area contributed by atoms with Gasteiger partial charge in [0.05, 0.1) is 42.9 Å². The summed E-state index contributed by atoms with van der Waals surface area (Å²) < 4.78 is 12.9. The Morgan fingerprint density at radius 1 is 1.47 bits per heavy atom. The van der Waals surface area contributed by atoms with Gasteiger partial charge in [-0.1, -0.05) is 6.92 Å². The van der Waals surface area contributed by atoms with Gasteiger partial charge in [-0.05, 0) is 23.8 Å². The van der Waals surface area contributed by atoms with Crippen LogP contribution < -0.4 is 15.4 Å². The molecule has 0 bridgehead atoms. The van der Waals surface area contributed by atoms with Gasteiger partial charge in [0, 0.05) is 30.8 Å². The third kappa shape index (κ3) is 3.32. The fraction of sp³-hybridized carbons (Fsp3) is 0.364. The van der Waals surface area contributed by atoms with E-state index in [1.54, 1.807) is 36.3 Å². The molecule has 2 aliphatic rings. The van der Waals surface area contributed by atoms with E-state index < -0.39 is 5.41 Å². The maximum atomic E-state index is 9.93. The third-order valence-corrected chi connectivity index (χ3v) is 5.91. The highest BCUT2D eigenvalue weighted by Gasteiger charge is 2.36. The molecule has 2 unspecified atom stereocenters. The maximum absolute atomic E-state index is 9.93. The summed E-state index contributed by atoms with van der Waals surface area (Å²) in [6, 6.07) is 7.83. The van der Waals surface area contributed by atoms with Gasteiger partial charge in [-0.25, -0.2) is 14.6 Å². The minimum atomic E-state index is -0.458. The Hall–Kier alpha value is -3.68. The number of nitriles is 1. The van der Waals surface area contributed by atoms with E-state index in [-0.39, 0.29) is 12.7 Å². The Labute approximate surface area is 184 Å². The predicted octanol–water partition coefficient (Wildman–Crippen LogP) is 2.04. The van der Waals surface area contributed by atoms with Crippen LogP contribution in [-0.4, -0.2) is 57.8 Å². The Balaban J connectivity index is 1.46. The summed E-state index contributed by atoms with van der Waals surface area (Å²) in [6.07, 6.45) is 3.25. The van der Waals surface area contributed by atoms with E-state index in [1.807, 2.05) is 13.0 Å². The van der Waals surface area contributed by atoms with Crippen molar-refractivity contribution in [3.63, 3.8) is 0 Å². The second kappa shape index (κ2) is 7.78. The number of methoxy groups -OCH3 is 1. The van der Waals surface area contributed by atoms with Crippen LogP contribution in [-0.2, 0) is 16.7 Å². The molecule has 0 aliphatic carbocycles. The van der Waals surface area contributed by atoms with E-state index >= 15 is 0 Å². The van der Waals surface area contributed by atoms with Crippen LogP contribution in [0.3, 0.4) is 0 Å². The molecule has 0 fully saturated rings. The molecule has 164 valence electrons. The van der Waals surface area contributed by atoms with E-state index in [2.05, 4.69) is 31.8 Å². The number of aliphatic hydroxyl groups is 1. The van der Waals surface area contributed by atoms with E-state index in [0.717, 1.165) is 16.8 Å². The standard InChI is InChI=1S/C22H23N7O3/c1-22(12-30)11-25-19-14(7-23)5-13(6-16(19)22)17-3-4-24-21(27-17)28-18-8-26-29-9-15(10-31-2)32-20(18)29/h3-6,8,15,25,30H,9-12H2,1-2H3,(H,24,27,28). The average molecular weight is 433 g/mol. The van der Waals surface area contributed by atoms with Crippen LogP contribution in [0.5, 0.6) is 5.88 Å². The van der Waals surface area contributed by atoms with Gasteiger partial charge < -0.3 is 25.2 Å². The van der Waals surface area contributed by atoms with Crippen LogP contribution >= 0.6 is 0 Å². The van der Waals surface area contributed by atoms with E-state index in [9.17, 15) is 10.4 Å². The van der Waals surface area contributed by atoms with Gasteiger partial charge in [0.2, 0.25) is 11.8 Å². The summed E-state index contributed by atoms with van der Waals surface area (Å²) in [7, 11) is 1.64. The normalized spacial score (nSPS) is 20.8. The molecule has 2 atom stereocenters. The molecule has 0 saturated carbocycles. The number of aliphatic hydroxyl groups excluding tert-OH is 1. The fourth-order valence-corrected chi connectivity index (χ4v) is 4.14. The van der Waals surface area contributed by atoms with Crippen molar-refractivity contribution < 1.29 is 14.6 Å². The van der Waals surface area contributed by atoms with Gasteiger partial charge >= 0.3 is 0 Å². The van der Waals surface area contributed by atoms with Crippen molar-refractivity contribution in [3.05, 3.63) is 41.7 Å². The quantitative estimate of drug-likeness (QED) is 0.534. The van der Waals surface area contributed by atoms with Crippen molar-refractivity contribution in [1.29, 1.82) is 5.26 Å². The first-order valence-electron chi connectivity index (χ1n) is 10.3. The number of rotatable bonds is 6. The largest absolute Gasteiger partial charge is 0.469 e. The summed E-state index contributed by atoms with van der Waals surface area (Å²) in [6.45, 7) is 3.63. The zero-order valence-electron chi connectivity index (χ0n) is 17.8. The van der Waals surface area contributed by atoms with Crippen molar-refractivity contribution in [3.8, 4) is 23.2 Å². The summed E-state index contributed by atoms with van der Waals surface area (Å²) >= 11 is 0.